The monoisotopic (exact) mass is 241 g/mol. The van der Waals surface area contributed by atoms with Crippen LogP contribution in [-0.2, 0) is 24.2 Å². The summed E-state index contributed by atoms with van der Waals surface area (Å²) >= 11 is 0. The van der Waals surface area contributed by atoms with E-state index in [0.29, 0.717) is 0 Å². The predicted octanol–water partition coefficient (Wildman–Crippen LogP) is 2.73. The average molecular weight is 241 g/mol. The van der Waals surface area contributed by atoms with E-state index in [9.17, 15) is 4.79 Å². The van der Waals surface area contributed by atoms with Crippen molar-refractivity contribution in [2.45, 2.75) is 25.8 Å². The van der Waals surface area contributed by atoms with Gasteiger partial charge in [-0.2, -0.15) is 0 Å². The lowest BCUT2D eigenvalue weighted by molar-refractivity contribution is -0.136. The number of hydrogen-bond donors (Lipinski definition) is 1. The van der Waals surface area contributed by atoms with Crippen molar-refractivity contribution in [2.24, 2.45) is 0 Å². The van der Waals surface area contributed by atoms with Crippen LogP contribution in [0.1, 0.15) is 17.8 Å². The molecule has 3 heteroatoms. The van der Waals surface area contributed by atoms with Gasteiger partial charge in [0, 0.05) is 23.5 Å². The Morgan fingerprint density at radius 1 is 1.28 bits per heavy atom. The van der Waals surface area contributed by atoms with E-state index in [2.05, 4.69) is 16.7 Å². The minimum absolute atomic E-state index is 0.111. The Kier molecular flexibility index (Phi) is 2.67. The summed E-state index contributed by atoms with van der Waals surface area (Å²) in [5, 5.41) is 8.96. The molecule has 0 radical (unpaired) electrons. The number of hydrogen-bond acceptors (Lipinski definition) is 1. The van der Waals surface area contributed by atoms with Crippen LogP contribution in [0.5, 0.6) is 0 Å². The molecule has 1 aromatic carbocycles. The zero-order chi connectivity index (χ0) is 12.5. The molecule has 0 atom stereocenters. The topological polar surface area (TPSA) is 42.2 Å². The molecule has 2 heterocycles. The molecule has 1 aliphatic heterocycles. The molecule has 0 amide bonds. The number of aliphatic carboxylic acids is 1. The average Bonchev–Trinajstić information content (AvgIpc) is 2.93. The maximum atomic E-state index is 10.9. The molecule has 0 bridgehead atoms. The van der Waals surface area contributed by atoms with Gasteiger partial charge in [0.2, 0.25) is 0 Å². The zero-order valence-electron chi connectivity index (χ0n) is 10.1. The largest absolute Gasteiger partial charge is 0.481 e. The molecule has 0 saturated heterocycles. The smallest absolute Gasteiger partial charge is 0.309 e. The Morgan fingerprint density at radius 2 is 2.06 bits per heavy atom. The first-order valence-electron chi connectivity index (χ1n) is 6.24. The minimum Gasteiger partial charge on any atom is -0.481 e. The molecule has 3 rings (SSSR count). The number of benzene rings is 1. The van der Waals surface area contributed by atoms with Crippen LogP contribution >= 0.6 is 0 Å². The first-order valence-corrected chi connectivity index (χ1v) is 6.24. The molecule has 0 fully saturated rings. The molecule has 0 saturated carbocycles. The molecule has 0 spiro atoms. The number of carboxylic acid groups (broad SMARTS) is 1. The van der Waals surface area contributed by atoms with E-state index >= 15 is 0 Å². The fourth-order valence-electron chi connectivity index (χ4n) is 2.77. The highest BCUT2D eigenvalue weighted by molar-refractivity contribution is 5.73. The molecule has 2 aromatic rings. The van der Waals surface area contributed by atoms with Gasteiger partial charge in [-0.3, -0.25) is 4.79 Å². The number of nitrogens with zero attached hydrogens (tertiary/aromatic N) is 1. The van der Waals surface area contributed by atoms with Crippen molar-refractivity contribution in [3.63, 3.8) is 0 Å². The Balaban J connectivity index is 2.09. The zero-order valence-corrected chi connectivity index (χ0v) is 10.1. The summed E-state index contributed by atoms with van der Waals surface area (Å²) in [6.45, 7) is 0.949. The van der Waals surface area contributed by atoms with E-state index in [1.807, 2.05) is 24.3 Å². The van der Waals surface area contributed by atoms with Crippen LogP contribution in [0.2, 0.25) is 0 Å². The van der Waals surface area contributed by atoms with Crippen LogP contribution in [0.15, 0.2) is 36.4 Å². The Morgan fingerprint density at radius 3 is 2.78 bits per heavy atom. The van der Waals surface area contributed by atoms with Crippen LogP contribution < -0.4 is 0 Å². The molecule has 1 aliphatic rings. The third kappa shape index (κ3) is 1.82. The molecule has 0 unspecified atom stereocenters. The van der Waals surface area contributed by atoms with Crippen LogP contribution in [0.4, 0.5) is 0 Å². The van der Waals surface area contributed by atoms with Crippen LogP contribution in [-0.4, -0.2) is 15.6 Å². The number of aromatic nitrogens is 1. The highest BCUT2D eigenvalue weighted by Gasteiger charge is 2.21. The minimum atomic E-state index is -0.762. The first kappa shape index (κ1) is 11.1. The van der Waals surface area contributed by atoms with Gasteiger partial charge in [-0.05, 0) is 24.5 Å². The fraction of sp³-hybridized carbons (Fsp3) is 0.267. The SMILES string of the molecule is O=C(O)Cc1cc(-c2ccccc2)c2n1CCC2. The Hall–Kier alpha value is -2.03. The highest BCUT2D eigenvalue weighted by atomic mass is 16.4. The normalized spacial score (nSPS) is 13.6. The van der Waals surface area contributed by atoms with Crippen molar-refractivity contribution in [1.82, 2.24) is 4.57 Å². The van der Waals surface area contributed by atoms with E-state index in [1.165, 1.54) is 16.8 Å². The van der Waals surface area contributed by atoms with Crippen LogP contribution in [0, 0.1) is 0 Å². The summed E-state index contributed by atoms with van der Waals surface area (Å²) in [5.74, 6) is -0.762. The van der Waals surface area contributed by atoms with Gasteiger partial charge in [0.1, 0.15) is 0 Å². The van der Waals surface area contributed by atoms with Gasteiger partial charge in [0.15, 0.2) is 0 Å². The molecular formula is C15H15NO2. The predicted molar refractivity (Wildman–Crippen MR) is 69.5 cm³/mol. The summed E-state index contributed by atoms with van der Waals surface area (Å²) in [6, 6.07) is 12.2. The number of carbonyl (C=O) groups is 1. The third-order valence-electron chi connectivity index (χ3n) is 3.51. The van der Waals surface area contributed by atoms with E-state index in [4.69, 9.17) is 5.11 Å². The molecule has 0 aliphatic carbocycles. The Labute approximate surface area is 106 Å². The summed E-state index contributed by atoms with van der Waals surface area (Å²) in [5.41, 5.74) is 4.59. The van der Waals surface area contributed by atoms with Gasteiger partial charge >= 0.3 is 5.97 Å². The van der Waals surface area contributed by atoms with Gasteiger partial charge in [-0.15, -0.1) is 0 Å². The van der Waals surface area contributed by atoms with Crippen LogP contribution in [0.25, 0.3) is 11.1 Å². The van der Waals surface area contributed by atoms with Crippen molar-refractivity contribution in [3.05, 3.63) is 47.8 Å². The maximum Gasteiger partial charge on any atom is 0.309 e. The van der Waals surface area contributed by atoms with Crippen LogP contribution in [0.3, 0.4) is 0 Å². The lowest BCUT2D eigenvalue weighted by atomic mass is 10.0. The standard InChI is InChI=1S/C15H15NO2/c17-15(18)10-12-9-13(11-5-2-1-3-6-11)14-7-4-8-16(12)14/h1-3,5-6,9H,4,7-8,10H2,(H,17,18). The molecule has 18 heavy (non-hydrogen) atoms. The molecule has 92 valence electrons. The van der Waals surface area contributed by atoms with Crippen molar-refractivity contribution in [3.8, 4) is 11.1 Å². The second-order valence-electron chi connectivity index (χ2n) is 4.69. The lowest BCUT2D eigenvalue weighted by Gasteiger charge is -2.03. The number of rotatable bonds is 3. The fourth-order valence-corrected chi connectivity index (χ4v) is 2.77. The Bertz CT molecular complexity index is 584. The lowest BCUT2D eigenvalue weighted by Crippen LogP contribution is -2.06. The second-order valence-corrected chi connectivity index (χ2v) is 4.69. The summed E-state index contributed by atoms with van der Waals surface area (Å²) in [7, 11) is 0. The summed E-state index contributed by atoms with van der Waals surface area (Å²) in [6.07, 6.45) is 2.27. The molecular weight excluding hydrogens is 226 g/mol. The van der Waals surface area contributed by atoms with E-state index in [-0.39, 0.29) is 6.42 Å². The van der Waals surface area contributed by atoms with E-state index in [1.54, 1.807) is 0 Å². The molecule has 1 N–H and O–H groups in total. The highest BCUT2D eigenvalue weighted by Crippen LogP contribution is 2.32. The summed E-state index contributed by atoms with van der Waals surface area (Å²) in [4.78, 5) is 10.9. The first-order chi connectivity index (χ1) is 8.75. The van der Waals surface area contributed by atoms with E-state index < -0.39 is 5.97 Å². The van der Waals surface area contributed by atoms with Crippen molar-refractivity contribution < 1.29 is 9.90 Å². The van der Waals surface area contributed by atoms with Gasteiger partial charge in [-0.25, -0.2) is 0 Å². The number of carboxylic acids is 1. The van der Waals surface area contributed by atoms with Crippen molar-refractivity contribution >= 4 is 5.97 Å². The van der Waals surface area contributed by atoms with Gasteiger partial charge < -0.3 is 9.67 Å². The quantitative estimate of drug-likeness (QED) is 0.897. The maximum absolute atomic E-state index is 10.9. The van der Waals surface area contributed by atoms with E-state index in [0.717, 1.165) is 25.1 Å². The second kappa shape index (κ2) is 4.33. The van der Waals surface area contributed by atoms with Gasteiger partial charge in [0.05, 0.1) is 6.42 Å². The molecule has 3 nitrogen and oxygen atoms in total. The van der Waals surface area contributed by atoms with Crippen molar-refractivity contribution in [2.75, 3.05) is 0 Å². The summed E-state index contributed by atoms with van der Waals surface area (Å²) < 4.78 is 2.18. The van der Waals surface area contributed by atoms with Gasteiger partial charge in [-0.1, -0.05) is 30.3 Å². The van der Waals surface area contributed by atoms with Gasteiger partial charge in [0.25, 0.3) is 0 Å². The number of fused-ring (bicyclic) bond motifs is 1. The molecule has 1 aromatic heterocycles. The third-order valence-corrected chi connectivity index (χ3v) is 3.51. The van der Waals surface area contributed by atoms with Crippen molar-refractivity contribution in [1.29, 1.82) is 0 Å².